The number of nitrogen functional groups attached to an aromatic ring is 2. The number of hydrogen-bond acceptors (Lipinski definition) is 9. The van der Waals surface area contributed by atoms with Gasteiger partial charge in [-0.1, -0.05) is 72.8 Å². The van der Waals surface area contributed by atoms with E-state index in [0.29, 0.717) is 40.5 Å². The molecule has 0 fully saturated rings. The third-order valence-corrected chi connectivity index (χ3v) is 6.92. The molecule has 0 atom stereocenters. The first-order chi connectivity index (χ1) is 21.8. The molecule has 4 aromatic carbocycles. The van der Waals surface area contributed by atoms with Crippen molar-refractivity contribution in [1.82, 2.24) is 19.5 Å². The molecule has 2 aromatic heterocycles. The number of esters is 1. The molecule has 0 spiro atoms. The number of carbonyl (C=O) groups excluding carboxylic acids is 1. The van der Waals surface area contributed by atoms with E-state index in [4.69, 9.17) is 41.1 Å². The monoisotopic (exact) mass is 599 g/mol. The Hall–Kier alpha value is -6.23. The van der Waals surface area contributed by atoms with Gasteiger partial charge in [0.1, 0.15) is 35.3 Å². The molecule has 0 saturated heterocycles. The van der Waals surface area contributed by atoms with E-state index in [1.807, 2.05) is 72.2 Å². The lowest BCUT2D eigenvalue weighted by Crippen LogP contribution is -2.13. The van der Waals surface area contributed by atoms with Crippen LogP contribution in [-0.2, 0) is 17.9 Å². The van der Waals surface area contributed by atoms with Crippen LogP contribution in [0.2, 0.25) is 0 Å². The highest BCUT2D eigenvalue weighted by molar-refractivity contribution is 5.98. The first-order valence-electron chi connectivity index (χ1n) is 14.0. The minimum absolute atomic E-state index is 0.0564. The highest BCUT2D eigenvalue weighted by Crippen LogP contribution is 2.33. The Labute approximate surface area is 258 Å². The smallest absolute Gasteiger partial charge is 0.342 e. The predicted octanol–water partition coefficient (Wildman–Crippen LogP) is 5.99. The Morgan fingerprint density at radius 3 is 2.29 bits per heavy atom. The van der Waals surface area contributed by atoms with Crippen LogP contribution in [-0.4, -0.2) is 31.3 Å². The molecule has 11 heteroatoms. The number of nitrogens with zero attached hydrogens (tertiary/aromatic N) is 4. The van der Waals surface area contributed by atoms with Crippen molar-refractivity contribution >= 4 is 28.7 Å². The molecule has 0 bridgehead atoms. The normalized spacial score (nSPS) is 10.9. The maximum atomic E-state index is 13.2. The van der Waals surface area contributed by atoms with E-state index in [9.17, 15) is 4.79 Å². The third-order valence-electron chi connectivity index (χ3n) is 6.92. The summed E-state index contributed by atoms with van der Waals surface area (Å²) in [6.07, 6.45) is 0. The Kier molecular flexibility index (Phi) is 8.06. The summed E-state index contributed by atoms with van der Waals surface area (Å²) >= 11 is 0. The Balaban J connectivity index is 1.42. The highest BCUT2D eigenvalue weighted by Gasteiger charge is 2.22. The van der Waals surface area contributed by atoms with Crippen LogP contribution in [0.3, 0.4) is 0 Å². The predicted molar refractivity (Wildman–Crippen MR) is 170 cm³/mol. The van der Waals surface area contributed by atoms with Gasteiger partial charge in [0.15, 0.2) is 11.2 Å². The van der Waals surface area contributed by atoms with Crippen LogP contribution >= 0.6 is 0 Å². The number of nitrogens with one attached hydrogen (secondary N) is 1. The second-order valence-electron chi connectivity index (χ2n) is 10.2. The Bertz CT molecular complexity index is 2010. The summed E-state index contributed by atoms with van der Waals surface area (Å²) in [5.74, 6) is 0.475. The number of hydrogen-bond donors (Lipinski definition) is 3. The zero-order valence-corrected chi connectivity index (χ0v) is 24.3. The average molecular weight is 600 g/mol. The lowest BCUT2D eigenvalue weighted by molar-refractivity contribution is 0.0469. The first-order valence-corrected chi connectivity index (χ1v) is 14.0. The van der Waals surface area contributed by atoms with Crippen molar-refractivity contribution in [1.29, 1.82) is 5.41 Å². The number of benzene rings is 4. The van der Waals surface area contributed by atoms with Crippen LogP contribution in [0.15, 0.2) is 103 Å². The summed E-state index contributed by atoms with van der Waals surface area (Å²) in [6, 6.07) is 30.5. The van der Waals surface area contributed by atoms with Gasteiger partial charge in [0.25, 0.3) is 5.88 Å². The second-order valence-corrected chi connectivity index (χ2v) is 10.2. The van der Waals surface area contributed by atoms with Crippen molar-refractivity contribution in [2.24, 2.45) is 5.73 Å². The quantitative estimate of drug-likeness (QED) is 0.0742. The van der Waals surface area contributed by atoms with E-state index < -0.39 is 5.97 Å². The molecule has 45 heavy (non-hydrogen) atoms. The molecule has 6 aromatic rings. The minimum Gasteiger partial charge on any atom is -0.457 e. The van der Waals surface area contributed by atoms with Gasteiger partial charge >= 0.3 is 12.0 Å². The van der Waals surface area contributed by atoms with E-state index >= 15 is 0 Å². The van der Waals surface area contributed by atoms with Crippen LogP contribution in [0.1, 0.15) is 32.9 Å². The van der Waals surface area contributed by atoms with Crippen molar-refractivity contribution in [3.8, 4) is 23.4 Å². The third kappa shape index (κ3) is 6.57. The van der Waals surface area contributed by atoms with Crippen molar-refractivity contribution in [3.63, 3.8) is 0 Å². The van der Waals surface area contributed by atoms with E-state index in [1.165, 1.54) is 12.1 Å². The Morgan fingerprint density at radius 1 is 0.844 bits per heavy atom. The molecule has 224 valence electrons. The largest absolute Gasteiger partial charge is 0.457 e. The SMILES string of the molecule is Cc1nc2c(Oc3cccc(N)c3)nc(Oc3cc(C(=N)N)ccc3C(=O)OCc3ccccc3)nc2n1Cc1ccccc1. The number of imidazole rings is 1. The number of fused-ring (bicyclic) bond motifs is 1. The lowest BCUT2D eigenvalue weighted by atomic mass is 10.1. The van der Waals surface area contributed by atoms with Gasteiger partial charge in [-0.2, -0.15) is 9.97 Å². The van der Waals surface area contributed by atoms with Crippen molar-refractivity contribution < 1.29 is 19.0 Å². The number of rotatable bonds is 10. The van der Waals surface area contributed by atoms with Gasteiger partial charge in [0, 0.05) is 17.3 Å². The molecule has 0 aliphatic heterocycles. The molecule has 0 radical (unpaired) electrons. The van der Waals surface area contributed by atoms with Gasteiger partial charge in [0.05, 0.1) is 6.54 Å². The highest BCUT2D eigenvalue weighted by atomic mass is 16.5. The van der Waals surface area contributed by atoms with Crippen LogP contribution in [0.25, 0.3) is 11.2 Å². The average Bonchev–Trinajstić information content (AvgIpc) is 3.35. The van der Waals surface area contributed by atoms with Gasteiger partial charge in [0.2, 0.25) is 0 Å². The molecule has 11 nitrogen and oxygen atoms in total. The number of aryl methyl sites for hydroxylation is 1. The molecule has 6 rings (SSSR count). The standard InChI is InChI=1S/C34H29N7O4/c1-21-38-29-31(41(21)19-22-9-4-2-5-10-22)39-34(40-32(29)44-26-14-8-13-25(35)18-26)45-28-17-24(30(36)37)15-16-27(28)33(42)43-20-23-11-6-3-7-12-23/h2-18H,19-20,35H2,1H3,(H3,36,37). The Morgan fingerprint density at radius 2 is 1.58 bits per heavy atom. The summed E-state index contributed by atoms with van der Waals surface area (Å²) in [5, 5.41) is 7.94. The number of nitrogens with two attached hydrogens (primary N) is 2. The topological polar surface area (TPSA) is 164 Å². The van der Waals surface area contributed by atoms with Gasteiger partial charge in [-0.25, -0.2) is 9.78 Å². The number of carbonyl (C=O) groups is 1. The number of anilines is 1. The number of amidine groups is 1. The first kappa shape index (κ1) is 28.9. The molecule has 0 unspecified atom stereocenters. The van der Waals surface area contributed by atoms with Gasteiger partial charge in [-0.3, -0.25) is 5.41 Å². The zero-order chi connectivity index (χ0) is 31.3. The number of ether oxygens (including phenoxy) is 3. The fourth-order valence-electron chi connectivity index (χ4n) is 4.67. The molecule has 0 saturated carbocycles. The molecule has 0 aliphatic rings. The molecular weight excluding hydrogens is 570 g/mol. The van der Waals surface area contributed by atoms with Crippen LogP contribution in [0, 0.1) is 12.3 Å². The van der Waals surface area contributed by atoms with Crippen molar-refractivity contribution in [3.05, 3.63) is 131 Å². The second kappa shape index (κ2) is 12.6. The van der Waals surface area contributed by atoms with Crippen LogP contribution < -0.4 is 20.9 Å². The number of aromatic nitrogens is 4. The summed E-state index contributed by atoms with van der Waals surface area (Å²) < 4.78 is 19.8. The van der Waals surface area contributed by atoms with Crippen molar-refractivity contribution in [2.45, 2.75) is 20.1 Å². The van der Waals surface area contributed by atoms with E-state index in [0.717, 1.165) is 11.1 Å². The zero-order valence-electron chi connectivity index (χ0n) is 24.3. The molecule has 5 N–H and O–H groups in total. The maximum Gasteiger partial charge on any atom is 0.342 e. The van der Waals surface area contributed by atoms with Crippen LogP contribution in [0.4, 0.5) is 5.69 Å². The molecule has 0 amide bonds. The van der Waals surface area contributed by atoms with Gasteiger partial charge in [-0.15, -0.1) is 0 Å². The van der Waals surface area contributed by atoms with Gasteiger partial charge in [-0.05, 0) is 42.3 Å². The summed E-state index contributed by atoms with van der Waals surface area (Å²) in [4.78, 5) is 27.2. The fraction of sp³-hybridized carbons (Fsp3) is 0.0882. The van der Waals surface area contributed by atoms with Gasteiger partial charge < -0.3 is 30.2 Å². The minimum atomic E-state index is -0.633. The molecule has 0 aliphatic carbocycles. The summed E-state index contributed by atoms with van der Waals surface area (Å²) in [6.45, 7) is 2.41. The maximum absolute atomic E-state index is 13.2. The van der Waals surface area contributed by atoms with E-state index in [-0.39, 0.29) is 35.6 Å². The summed E-state index contributed by atoms with van der Waals surface area (Å²) in [7, 11) is 0. The van der Waals surface area contributed by atoms with Crippen LogP contribution in [0.5, 0.6) is 23.4 Å². The van der Waals surface area contributed by atoms with Crippen molar-refractivity contribution in [2.75, 3.05) is 5.73 Å². The molecule has 2 heterocycles. The molecular formula is C34H29N7O4. The van der Waals surface area contributed by atoms with E-state index in [2.05, 4.69) is 4.98 Å². The lowest BCUT2D eigenvalue weighted by Gasteiger charge is -2.13. The van der Waals surface area contributed by atoms with E-state index in [1.54, 1.807) is 30.3 Å². The fourth-order valence-corrected chi connectivity index (χ4v) is 4.67. The summed E-state index contributed by atoms with van der Waals surface area (Å²) in [5.41, 5.74) is 15.4.